The van der Waals surface area contributed by atoms with Gasteiger partial charge in [0.05, 0.1) is 0 Å². The Kier molecular flexibility index (Phi) is 11.9. The van der Waals surface area contributed by atoms with E-state index in [2.05, 4.69) is 0 Å². The molecule has 0 aromatic carbocycles. The molecule has 0 rings (SSSR count). The molecule has 0 aliphatic heterocycles. The first-order valence-corrected chi connectivity index (χ1v) is 7.61. The van der Waals surface area contributed by atoms with E-state index in [-0.39, 0.29) is 11.9 Å². The predicted octanol–water partition coefficient (Wildman–Crippen LogP) is 2.79. The molecule has 0 aromatic rings. The number of ether oxygens (including phenoxy) is 4. The van der Waals surface area contributed by atoms with Crippen molar-refractivity contribution in [3.63, 3.8) is 0 Å². The fourth-order valence-corrected chi connectivity index (χ4v) is 1.74. The molecule has 124 valence electrons. The maximum absolute atomic E-state index is 11.4. The second-order valence-corrected chi connectivity index (χ2v) is 4.59. The van der Waals surface area contributed by atoms with E-state index in [1.165, 1.54) is 0 Å². The van der Waals surface area contributed by atoms with Gasteiger partial charge in [-0.3, -0.25) is 9.59 Å². The van der Waals surface area contributed by atoms with E-state index in [0.717, 1.165) is 6.42 Å². The van der Waals surface area contributed by atoms with Crippen molar-refractivity contribution in [3.05, 3.63) is 0 Å². The third-order valence-electron chi connectivity index (χ3n) is 2.66. The van der Waals surface area contributed by atoms with E-state index < -0.39 is 12.6 Å². The highest BCUT2D eigenvalue weighted by atomic mass is 16.7. The zero-order valence-corrected chi connectivity index (χ0v) is 13.6. The van der Waals surface area contributed by atoms with Gasteiger partial charge in [0.1, 0.15) is 0 Å². The van der Waals surface area contributed by atoms with E-state index in [9.17, 15) is 9.59 Å². The largest absolute Gasteiger partial charge is 0.436 e. The molecule has 21 heavy (non-hydrogen) atoms. The van der Waals surface area contributed by atoms with Gasteiger partial charge in [0, 0.05) is 26.1 Å². The molecule has 0 saturated carbocycles. The van der Waals surface area contributed by atoms with Crippen LogP contribution in [0, 0.1) is 0 Å². The summed E-state index contributed by atoms with van der Waals surface area (Å²) in [5.41, 5.74) is 0. The first kappa shape index (κ1) is 19.9. The minimum atomic E-state index is -0.502. The highest BCUT2D eigenvalue weighted by Gasteiger charge is 2.10. The number of esters is 2. The third-order valence-corrected chi connectivity index (χ3v) is 2.66. The second kappa shape index (κ2) is 12.6. The van der Waals surface area contributed by atoms with Gasteiger partial charge in [0.25, 0.3) is 0 Å². The van der Waals surface area contributed by atoms with Gasteiger partial charge in [-0.1, -0.05) is 6.42 Å². The molecule has 0 fully saturated rings. The van der Waals surface area contributed by atoms with Crippen LogP contribution in [0.25, 0.3) is 0 Å². The fraction of sp³-hybridized carbons (Fsp3) is 0.867. The predicted molar refractivity (Wildman–Crippen MR) is 77.4 cm³/mol. The standard InChI is InChI=1S/C15H28O6/c1-5-18-12(3)20-14(16)10-8-7-9-11-15(17)21-13(4)19-6-2/h12-13H,5-11H2,1-4H3. The highest BCUT2D eigenvalue weighted by molar-refractivity contribution is 5.70. The van der Waals surface area contributed by atoms with Crippen molar-refractivity contribution in [3.8, 4) is 0 Å². The first-order chi connectivity index (χ1) is 9.99. The van der Waals surface area contributed by atoms with Crippen molar-refractivity contribution in [1.82, 2.24) is 0 Å². The summed E-state index contributed by atoms with van der Waals surface area (Å²) >= 11 is 0. The second-order valence-electron chi connectivity index (χ2n) is 4.59. The van der Waals surface area contributed by atoms with Crippen LogP contribution in [0.15, 0.2) is 0 Å². The zero-order valence-electron chi connectivity index (χ0n) is 13.6. The average molecular weight is 304 g/mol. The van der Waals surface area contributed by atoms with Gasteiger partial charge in [0.15, 0.2) is 12.6 Å². The summed E-state index contributed by atoms with van der Waals surface area (Å²) in [6.07, 6.45) is 1.81. The smallest absolute Gasteiger partial charge is 0.308 e. The normalized spacial score (nSPS) is 13.5. The van der Waals surface area contributed by atoms with E-state index >= 15 is 0 Å². The number of unbranched alkanes of at least 4 members (excludes halogenated alkanes) is 2. The van der Waals surface area contributed by atoms with E-state index in [0.29, 0.717) is 38.9 Å². The van der Waals surface area contributed by atoms with Crippen LogP contribution in [0.2, 0.25) is 0 Å². The lowest BCUT2D eigenvalue weighted by atomic mass is 10.1. The lowest BCUT2D eigenvalue weighted by Crippen LogP contribution is -2.18. The fourth-order valence-electron chi connectivity index (χ4n) is 1.74. The van der Waals surface area contributed by atoms with Crippen molar-refractivity contribution in [1.29, 1.82) is 0 Å². The minimum Gasteiger partial charge on any atom is -0.436 e. The Bertz CT molecular complexity index is 264. The Morgan fingerprint density at radius 3 is 1.48 bits per heavy atom. The van der Waals surface area contributed by atoms with Crippen LogP contribution in [-0.2, 0) is 28.5 Å². The molecule has 0 spiro atoms. The Hall–Kier alpha value is -1.14. The van der Waals surface area contributed by atoms with Gasteiger partial charge >= 0.3 is 11.9 Å². The highest BCUT2D eigenvalue weighted by Crippen LogP contribution is 2.07. The molecule has 2 unspecified atom stereocenters. The number of carbonyl (C=O) groups is 2. The van der Waals surface area contributed by atoms with E-state index in [4.69, 9.17) is 18.9 Å². The molecule has 2 atom stereocenters. The van der Waals surface area contributed by atoms with Gasteiger partial charge < -0.3 is 18.9 Å². The number of hydrogen-bond acceptors (Lipinski definition) is 6. The zero-order chi connectivity index (χ0) is 16.1. The van der Waals surface area contributed by atoms with Crippen LogP contribution in [0.4, 0.5) is 0 Å². The van der Waals surface area contributed by atoms with Crippen molar-refractivity contribution in [2.45, 2.75) is 72.4 Å². The third kappa shape index (κ3) is 12.3. The summed E-state index contributed by atoms with van der Waals surface area (Å²) < 4.78 is 20.3. The minimum absolute atomic E-state index is 0.275. The Morgan fingerprint density at radius 1 is 0.762 bits per heavy atom. The molecule has 0 saturated heterocycles. The van der Waals surface area contributed by atoms with Crippen molar-refractivity contribution in [2.75, 3.05) is 13.2 Å². The van der Waals surface area contributed by atoms with E-state index in [1.54, 1.807) is 13.8 Å². The summed E-state index contributed by atoms with van der Waals surface area (Å²) in [7, 11) is 0. The van der Waals surface area contributed by atoms with Crippen LogP contribution in [0.1, 0.15) is 59.8 Å². The molecule has 0 bridgehead atoms. The summed E-state index contributed by atoms with van der Waals surface area (Å²) in [5, 5.41) is 0. The quantitative estimate of drug-likeness (QED) is 0.314. The lowest BCUT2D eigenvalue weighted by molar-refractivity contribution is -0.174. The number of carbonyl (C=O) groups excluding carboxylic acids is 2. The first-order valence-electron chi connectivity index (χ1n) is 7.61. The summed E-state index contributed by atoms with van der Waals surface area (Å²) in [4.78, 5) is 22.9. The molecule has 6 heteroatoms. The summed E-state index contributed by atoms with van der Waals surface area (Å²) in [5.74, 6) is -0.549. The van der Waals surface area contributed by atoms with Gasteiger partial charge in [-0.2, -0.15) is 0 Å². The Morgan fingerprint density at radius 2 is 1.14 bits per heavy atom. The maximum Gasteiger partial charge on any atom is 0.308 e. The Balaban J connectivity index is 3.54. The molecule has 0 aliphatic rings. The molecule has 6 nitrogen and oxygen atoms in total. The Labute approximate surface area is 127 Å². The van der Waals surface area contributed by atoms with Crippen molar-refractivity contribution < 1.29 is 28.5 Å². The van der Waals surface area contributed by atoms with Crippen LogP contribution in [0.5, 0.6) is 0 Å². The number of hydrogen-bond donors (Lipinski definition) is 0. The molecule has 0 aliphatic carbocycles. The molecule has 0 heterocycles. The van der Waals surface area contributed by atoms with E-state index in [1.807, 2.05) is 13.8 Å². The number of rotatable bonds is 12. The van der Waals surface area contributed by atoms with Gasteiger partial charge in [0.2, 0.25) is 0 Å². The molecular weight excluding hydrogens is 276 g/mol. The molecule has 0 N–H and O–H groups in total. The van der Waals surface area contributed by atoms with Crippen LogP contribution in [-0.4, -0.2) is 37.7 Å². The van der Waals surface area contributed by atoms with Gasteiger partial charge in [-0.15, -0.1) is 0 Å². The summed E-state index contributed by atoms with van der Waals surface area (Å²) in [6.45, 7) is 8.09. The topological polar surface area (TPSA) is 71.1 Å². The maximum atomic E-state index is 11.4. The van der Waals surface area contributed by atoms with Gasteiger partial charge in [-0.05, 0) is 40.5 Å². The molecule has 0 radical (unpaired) electrons. The molecular formula is C15H28O6. The van der Waals surface area contributed by atoms with Crippen molar-refractivity contribution >= 4 is 11.9 Å². The van der Waals surface area contributed by atoms with Crippen LogP contribution >= 0.6 is 0 Å². The SMILES string of the molecule is CCOC(C)OC(=O)CCCCCC(=O)OC(C)OCC. The molecule has 0 amide bonds. The lowest BCUT2D eigenvalue weighted by Gasteiger charge is -2.13. The van der Waals surface area contributed by atoms with Gasteiger partial charge in [-0.25, -0.2) is 0 Å². The van der Waals surface area contributed by atoms with Crippen molar-refractivity contribution in [2.24, 2.45) is 0 Å². The summed E-state index contributed by atoms with van der Waals surface area (Å²) in [6, 6.07) is 0. The van der Waals surface area contributed by atoms with Crippen LogP contribution in [0.3, 0.4) is 0 Å². The molecule has 0 aromatic heterocycles. The average Bonchev–Trinajstić information content (AvgIpc) is 2.38. The monoisotopic (exact) mass is 304 g/mol. The van der Waals surface area contributed by atoms with Crippen LogP contribution < -0.4 is 0 Å².